The monoisotopic (exact) mass is 325 g/mol. The molecule has 6 nitrogen and oxygen atoms in total. The highest BCUT2D eigenvalue weighted by atomic mass is 32.2. The standard InChI is InChI=1S/C14H16FN3O3S/c1-8(2)12-11(7-16)13(9-3-5-10(15)6-4-9)18-14(17-12)22(19,20)21/h3-6,8,13-14,17-18H,1-2H3,(H,19,20,21). The predicted molar refractivity (Wildman–Crippen MR) is 78.2 cm³/mol. The Kier molecular flexibility index (Phi) is 4.51. The van der Waals surface area contributed by atoms with Crippen molar-refractivity contribution in [2.75, 3.05) is 0 Å². The van der Waals surface area contributed by atoms with E-state index in [9.17, 15) is 22.6 Å². The largest absolute Gasteiger partial charge is 0.358 e. The van der Waals surface area contributed by atoms with E-state index >= 15 is 0 Å². The van der Waals surface area contributed by atoms with Crippen LogP contribution in [0.2, 0.25) is 0 Å². The molecule has 0 saturated carbocycles. The van der Waals surface area contributed by atoms with Gasteiger partial charge in [-0.15, -0.1) is 0 Å². The summed E-state index contributed by atoms with van der Waals surface area (Å²) >= 11 is 0. The number of nitrogens with one attached hydrogen (secondary N) is 2. The quantitative estimate of drug-likeness (QED) is 0.731. The lowest BCUT2D eigenvalue weighted by Gasteiger charge is -2.34. The molecule has 1 aromatic carbocycles. The molecule has 1 aliphatic heterocycles. The molecular formula is C14H16FN3O3S. The molecule has 1 aliphatic rings. The summed E-state index contributed by atoms with van der Waals surface area (Å²) < 4.78 is 45.2. The maximum atomic E-state index is 13.1. The molecule has 2 atom stereocenters. The van der Waals surface area contributed by atoms with Crippen LogP contribution in [0.1, 0.15) is 25.5 Å². The van der Waals surface area contributed by atoms with Gasteiger partial charge in [0.25, 0.3) is 10.1 Å². The zero-order chi connectivity index (χ0) is 16.5. The molecule has 1 aromatic rings. The molecule has 2 rings (SSSR count). The number of rotatable bonds is 3. The molecule has 0 amide bonds. The minimum absolute atomic E-state index is 0.149. The van der Waals surface area contributed by atoms with Crippen LogP contribution in [0.25, 0.3) is 0 Å². The van der Waals surface area contributed by atoms with E-state index in [4.69, 9.17) is 0 Å². The van der Waals surface area contributed by atoms with E-state index < -0.39 is 27.5 Å². The van der Waals surface area contributed by atoms with Gasteiger partial charge in [-0.2, -0.15) is 13.7 Å². The summed E-state index contributed by atoms with van der Waals surface area (Å²) in [4.78, 5) is 0. The number of nitriles is 1. The van der Waals surface area contributed by atoms with Crippen molar-refractivity contribution in [2.24, 2.45) is 5.92 Å². The lowest BCUT2D eigenvalue weighted by molar-refractivity contribution is 0.394. The fourth-order valence-electron chi connectivity index (χ4n) is 2.33. The summed E-state index contributed by atoms with van der Waals surface area (Å²) in [6.07, 6.45) is 0. The Morgan fingerprint density at radius 2 is 1.91 bits per heavy atom. The van der Waals surface area contributed by atoms with E-state index in [2.05, 4.69) is 16.7 Å². The van der Waals surface area contributed by atoms with Crippen LogP contribution in [0.4, 0.5) is 4.39 Å². The van der Waals surface area contributed by atoms with Crippen molar-refractivity contribution < 1.29 is 17.4 Å². The zero-order valence-electron chi connectivity index (χ0n) is 12.0. The molecule has 0 aliphatic carbocycles. The van der Waals surface area contributed by atoms with Gasteiger partial charge < -0.3 is 5.32 Å². The van der Waals surface area contributed by atoms with E-state index in [0.29, 0.717) is 16.8 Å². The molecule has 0 bridgehead atoms. The number of allylic oxidation sites excluding steroid dienone is 1. The van der Waals surface area contributed by atoms with E-state index in [-0.39, 0.29) is 5.92 Å². The summed E-state index contributed by atoms with van der Waals surface area (Å²) in [5, 5.41) is 14.7. The number of hydrogen-bond donors (Lipinski definition) is 3. The smallest absolute Gasteiger partial charge is 0.300 e. The van der Waals surface area contributed by atoms with Gasteiger partial charge in [0.15, 0.2) is 0 Å². The first-order valence-electron chi connectivity index (χ1n) is 6.62. The van der Waals surface area contributed by atoms with Crippen LogP contribution < -0.4 is 10.6 Å². The Morgan fingerprint density at radius 1 is 1.32 bits per heavy atom. The van der Waals surface area contributed by atoms with Crippen molar-refractivity contribution in [1.29, 1.82) is 5.26 Å². The van der Waals surface area contributed by atoms with Gasteiger partial charge in [0, 0.05) is 5.70 Å². The maximum Gasteiger partial charge on any atom is 0.300 e. The van der Waals surface area contributed by atoms with Gasteiger partial charge in [0.1, 0.15) is 5.82 Å². The topological polar surface area (TPSA) is 102 Å². The molecular weight excluding hydrogens is 309 g/mol. The molecule has 8 heteroatoms. The Morgan fingerprint density at radius 3 is 2.36 bits per heavy atom. The fraction of sp³-hybridized carbons (Fsp3) is 0.357. The van der Waals surface area contributed by atoms with Crippen LogP contribution in [-0.4, -0.2) is 18.5 Å². The molecule has 3 N–H and O–H groups in total. The van der Waals surface area contributed by atoms with Crippen molar-refractivity contribution in [2.45, 2.75) is 25.4 Å². The lowest BCUT2D eigenvalue weighted by atomic mass is 9.92. The summed E-state index contributed by atoms with van der Waals surface area (Å²) in [7, 11) is -4.41. The number of benzene rings is 1. The van der Waals surface area contributed by atoms with Crippen molar-refractivity contribution in [3.63, 3.8) is 0 Å². The Hall–Kier alpha value is -1.95. The van der Waals surface area contributed by atoms with Crippen LogP contribution in [0.15, 0.2) is 35.5 Å². The van der Waals surface area contributed by atoms with Gasteiger partial charge in [-0.1, -0.05) is 26.0 Å². The molecule has 0 aromatic heterocycles. The van der Waals surface area contributed by atoms with Gasteiger partial charge in [-0.3, -0.25) is 9.87 Å². The van der Waals surface area contributed by atoms with E-state index in [1.54, 1.807) is 13.8 Å². The second-order valence-corrected chi connectivity index (χ2v) is 6.79. The molecule has 0 radical (unpaired) electrons. The number of hydrogen-bond acceptors (Lipinski definition) is 5. The van der Waals surface area contributed by atoms with Gasteiger partial charge in [0.2, 0.25) is 5.50 Å². The van der Waals surface area contributed by atoms with Crippen LogP contribution in [0.5, 0.6) is 0 Å². The predicted octanol–water partition coefficient (Wildman–Crippen LogP) is 1.66. The SMILES string of the molecule is CC(C)C1=C(C#N)C(c2ccc(F)cc2)NC(S(=O)(=O)O)N1. The Balaban J connectivity index is 2.55. The fourth-order valence-corrected chi connectivity index (χ4v) is 2.92. The summed E-state index contributed by atoms with van der Waals surface area (Å²) in [6, 6.07) is 6.69. The third-order valence-corrected chi connectivity index (χ3v) is 4.23. The lowest BCUT2D eigenvalue weighted by Crippen LogP contribution is -2.53. The zero-order valence-corrected chi connectivity index (χ0v) is 12.9. The number of halogens is 1. The summed E-state index contributed by atoms with van der Waals surface area (Å²) in [6.45, 7) is 3.60. The summed E-state index contributed by atoms with van der Waals surface area (Å²) in [5.74, 6) is -0.584. The van der Waals surface area contributed by atoms with Crippen molar-refractivity contribution in [3.05, 3.63) is 46.9 Å². The van der Waals surface area contributed by atoms with Gasteiger partial charge >= 0.3 is 0 Å². The molecule has 0 fully saturated rings. The van der Waals surface area contributed by atoms with Crippen LogP contribution in [0, 0.1) is 23.1 Å². The summed E-state index contributed by atoms with van der Waals surface area (Å²) in [5.41, 5.74) is -0.164. The third kappa shape index (κ3) is 3.27. The van der Waals surface area contributed by atoms with Crippen LogP contribution >= 0.6 is 0 Å². The number of nitrogens with zero attached hydrogens (tertiary/aromatic N) is 1. The maximum absolute atomic E-state index is 13.1. The third-order valence-electron chi connectivity index (χ3n) is 3.38. The van der Waals surface area contributed by atoms with Crippen LogP contribution in [-0.2, 0) is 10.1 Å². The highest BCUT2D eigenvalue weighted by Gasteiger charge is 2.36. The van der Waals surface area contributed by atoms with Crippen LogP contribution in [0.3, 0.4) is 0 Å². The second kappa shape index (κ2) is 6.04. The average molecular weight is 325 g/mol. The van der Waals surface area contributed by atoms with Crippen molar-refractivity contribution >= 4 is 10.1 Å². The molecule has 0 saturated heterocycles. The first-order chi connectivity index (χ1) is 10.2. The molecule has 22 heavy (non-hydrogen) atoms. The van der Waals surface area contributed by atoms with Gasteiger partial charge in [-0.25, -0.2) is 4.39 Å². The second-order valence-electron chi connectivity index (χ2n) is 5.28. The van der Waals surface area contributed by atoms with Gasteiger partial charge in [0.05, 0.1) is 17.7 Å². The molecule has 2 unspecified atom stereocenters. The van der Waals surface area contributed by atoms with Crippen molar-refractivity contribution in [1.82, 2.24) is 10.6 Å². The molecule has 118 valence electrons. The highest BCUT2D eigenvalue weighted by molar-refractivity contribution is 7.86. The normalized spacial score (nSPS) is 22.4. The first kappa shape index (κ1) is 16.4. The van der Waals surface area contributed by atoms with E-state index in [1.807, 2.05) is 0 Å². The van der Waals surface area contributed by atoms with Gasteiger partial charge in [-0.05, 0) is 23.6 Å². The van der Waals surface area contributed by atoms with E-state index in [0.717, 1.165) is 0 Å². The van der Waals surface area contributed by atoms with E-state index in [1.165, 1.54) is 24.3 Å². The molecule has 1 heterocycles. The highest BCUT2D eigenvalue weighted by Crippen LogP contribution is 2.30. The average Bonchev–Trinajstić information content (AvgIpc) is 2.45. The minimum atomic E-state index is -4.41. The Labute approximate surface area is 128 Å². The first-order valence-corrected chi connectivity index (χ1v) is 8.13. The minimum Gasteiger partial charge on any atom is -0.358 e. The molecule has 0 spiro atoms. The van der Waals surface area contributed by atoms with Crippen molar-refractivity contribution in [3.8, 4) is 6.07 Å². The Bertz CT molecular complexity index is 736.